The highest BCUT2D eigenvalue weighted by Crippen LogP contribution is 2.37. The molecule has 2 aliphatic heterocycles. The minimum absolute atomic E-state index is 0.0591. The molecule has 2 atom stereocenters. The van der Waals surface area contributed by atoms with Crippen molar-refractivity contribution in [3.05, 3.63) is 65.0 Å². The predicted molar refractivity (Wildman–Crippen MR) is 102 cm³/mol. The minimum Gasteiger partial charge on any atom is -0.314 e. The number of aryl methyl sites for hydroxylation is 2. The van der Waals surface area contributed by atoms with E-state index < -0.39 is 27.7 Å². The smallest absolute Gasteiger partial charge is 0.314 e. The van der Waals surface area contributed by atoms with Crippen molar-refractivity contribution in [1.82, 2.24) is 4.90 Å². The van der Waals surface area contributed by atoms with Gasteiger partial charge in [0.1, 0.15) is 5.82 Å². The van der Waals surface area contributed by atoms with E-state index in [1.165, 1.54) is 11.0 Å². The summed E-state index contributed by atoms with van der Waals surface area (Å²) in [7, 11) is -3.26. The van der Waals surface area contributed by atoms with Crippen LogP contribution in [0.25, 0.3) is 0 Å². The third-order valence-corrected chi connectivity index (χ3v) is 7.10. The molecule has 142 valence electrons. The van der Waals surface area contributed by atoms with E-state index in [4.69, 9.17) is 0 Å². The number of hydrogen-bond acceptors (Lipinski definition) is 3. The molecule has 0 saturated carbocycles. The van der Waals surface area contributed by atoms with Gasteiger partial charge >= 0.3 is 6.03 Å². The first-order valence-corrected chi connectivity index (χ1v) is 10.7. The number of carbonyl (C=O) groups excluding carboxylic acids is 1. The molecular weight excluding hydrogens is 367 g/mol. The predicted octanol–water partition coefficient (Wildman–Crippen LogP) is 3.05. The van der Waals surface area contributed by atoms with Crippen LogP contribution >= 0.6 is 0 Å². The van der Waals surface area contributed by atoms with Gasteiger partial charge in [-0.25, -0.2) is 17.6 Å². The quantitative estimate of drug-likeness (QED) is 0.760. The number of amides is 2. The van der Waals surface area contributed by atoms with Gasteiger partial charge in [-0.3, -0.25) is 4.90 Å². The zero-order valence-corrected chi connectivity index (χ0v) is 16.0. The fourth-order valence-electron chi connectivity index (χ4n) is 4.03. The summed E-state index contributed by atoms with van der Waals surface area (Å²) in [6, 6.07) is 10.9. The lowest BCUT2D eigenvalue weighted by atomic mass is 10.1. The van der Waals surface area contributed by atoms with Crippen molar-refractivity contribution in [3.63, 3.8) is 0 Å². The van der Waals surface area contributed by atoms with Crippen LogP contribution < -0.4 is 4.90 Å². The molecule has 2 saturated heterocycles. The van der Waals surface area contributed by atoms with E-state index in [1.54, 1.807) is 23.1 Å². The molecule has 2 unspecified atom stereocenters. The monoisotopic (exact) mass is 388 g/mol. The van der Waals surface area contributed by atoms with Crippen molar-refractivity contribution >= 4 is 21.6 Å². The van der Waals surface area contributed by atoms with E-state index >= 15 is 0 Å². The van der Waals surface area contributed by atoms with Gasteiger partial charge in [0.25, 0.3) is 0 Å². The number of urea groups is 1. The average Bonchev–Trinajstić information content (AvgIpc) is 3.03. The third-order valence-electron chi connectivity index (χ3n) is 5.40. The zero-order valence-electron chi connectivity index (χ0n) is 15.2. The third kappa shape index (κ3) is 3.10. The average molecular weight is 388 g/mol. The molecule has 2 aromatic rings. The van der Waals surface area contributed by atoms with Gasteiger partial charge in [0.05, 0.1) is 30.1 Å². The summed E-state index contributed by atoms with van der Waals surface area (Å²) in [6.45, 7) is 3.90. The Kier molecular flexibility index (Phi) is 4.22. The minimum atomic E-state index is -3.26. The molecule has 2 heterocycles. The number of benzene rings is 2. The molecule has 2 aliphatic rings. The van der Waals surface area contributed by atoms with E-state index in [9.17, 15) is 17.6 Å². The number of carbonyl (C=O) groups is 1. The number of fused-ring (bicyclic) bond motifs is 1. The van der Waals surface area contributed by atoms with Crippen LogP contribution in [-0.2, 0) is 16.4 Å². The number of hydrogen-bond donors (Lipinski definition) is 0. The summed E-state index contributed by atoms with van der Waals surface area (Å²) < 4.78 is 38.7. The topological polar surface area (TPSA) is 57.7 Å². The normalized spacial score (nSPS) is 23.7. The van der Waals surface area contributed by atoms with Gasteiger partial charge in [-0.15, -0.1) is 0 Å². The van der Waals surface area contributed by atoms with Crippen LogP contribution in [0.1, 0.15) is 16.7 Å². The van der Waals surface area contributed by atoms with Crippen molar-refractivity contribution in [2.75, 3.05) is 16.4 Å². The number of rotatable bonds is 3. The fourth-order valence-corrected chi connectivity index (χ4v) is 5.98. The molecule has 7 heteroatoms. The van der Waals surface area contributed by atoms with Gasteiger partial charge in [-0.2, -0.15) is 0 Å². The number of anilines is 1. The first-order valence-electron chi connectivity index (χ1n) is 8.88. The van der Waals surface area contributed by atoms with E-state index in [-0.39, 0.29) is 24.1 Å². The Morgan fingerprint density at radius 2 is 1.78 bits per heavy atom. The standard InChI is InChI=1S/C20H21FN2O3S/c1-13-7-8-14(2)17(9-13)23-19-12-27(25,26)11-18(19)22(20(23)24)10-15-5-3-4-6-16(15)21/h3-9,18-19H,10-12H2,1-2H3. The molecule has 0 aliphatic carbocycles. The summed E-state index contributed by atoms with van der Waals surface area (Å²) in [5.41, 5.74) is 3.01. The highest BCUT2D eigenvalue weighted by Gasteiger charge is 2.54. The number of sulfone groups is 1. The molecule has 0 radical (unpaired) electrons. The van der Waals surface area contributed by atoms with Crippen LogP contribution in [0.3, 0.4) is 0 Å². The van der Waals surface area contributed by atoms with Gasteiger partial charge in [0.2, 0.25) is 0 Å². The van der Waals surface area contributed by atoms with Crippen molar-refractivity contribution in [3.8, 4) is 0 Å². The first kappa shape index (κ1) is 18.0. The van der Waals surface area contributed by atoms with Gasteiger partial charge in [-0.1, -0.05) is 30.3 Å². The largest absolute Gasteiger partial charge is 0.325 e. The van der Waals surface area contributed by atoms with Gasteiger partial charge in [0.15, 0.2) is 9.84 Å². The Labute approximate surface area is 158 Å². The number of nitrogens with zero attached hydrogens (tertiary/aromatic N) is 2. The Morgan fingerprint density at radius 3 is 2.52 bits per heavy atom. The van der Waals surface area contributed by atoms with Crippen LogP contribution in [0.4, 0.5) is 14.9 Å². The Bertz CT molecular complexity index is 1020. The summed E-state index contributed by atoms with van der Waals surface area (Å²) >= 11 is 0. The highest BCUT2D eigenvalue weighted by atomic mass is 32.2. The fraction of sp³-hybridized carbons (Fsp3) is 0.350. The van der Waals surface area contributed by atoms with Crippen molar-refractivity contribution in [2.24, 2.45) is 0 Å². The molecule has 4 rings (SSSR count). The molecule has 0 spiro atoms. The lowest BCUT2D eigenvalue weighted by Gasteiger charge is -2.24. The molecule has 27 heavy (non-hydrogen) atoms. The van der Waals surface area contributed by atoms with Crippen LogP contribution in [0.2, 0.25) is 0 Å². The summed E-state index contributed by atoms with van der Waals surface area (Å²) in [5, 5.41) is 0. The first-order chi connectivity index (χ1) is 12.8. The maximum atomic E-state index is 14.1. The van der Waals surface area contributed by atoms with Gasteiger partial charge in [-0.05, 0) is 37.1 Å². The lowest BCUT2D eigenvalue weighted by Crippen LogP contribution is -2.38. The van der Waals surface area contributed by atoms with Crippen LogP contribution in [0.15, 0.2) is 42.5 Å². The maximum absolute atomic E-state index is 14.1. The summed E-state index contributed by atoms with van der Waals surface area (Å²) in [6.07, 6.45) is 0. The SMILES string of the molecule is Cc1ccc(C)c(N2C(=O)N(Cc3ccccc3F)C3CS(=O)(=O)CC32)c1. The second kappa shape index (κ2) is 6.34. The van der Waals surface area contributed by atoms with E-state index in [0.717, 1.165) is 16.8 Å². The molecule has 0 N–H and O–H groups in total. The Morgan fingerprint density at radius 1 is 1.07 bits per heavy atom. The van der Waals surface area contributed by atoms with E-state index in [0.29, 0.717) is 5.56 Å². The lowest BCUT2D eigenvalue weighted by molar-refractivity contribution is 0.205. The molecule has 0 aromatic heterocycles. The molecular formula is C20H21FN2O3S. The molecule has 2 aromatic carbocycles. The molecule has 2 amide bonds. The second-order valence-electron chi connectivity index (χ2n) is 7.37. The van der Waals surface area contributed by atoms with Crippen molar-refractivity contribution < 1.29 is 17.6 Å². The summed E-state index contributed by atoms with van der Waals surface area (Å²) in [4.78, 5) is 16.3. The molecule has 0 bridgehead atoms. The van der Waals surface area contributed by atoms with Gasteiger partial charge < -0.3 is 4.90 Å². The Hall–Kier alpha value is -2.41. The molecule has 2 fully saturated rings. The number of halogens is 1. The van der Waals surface area contributed by atoms with Crippen LogP contribution in [0.5, 0.6) is 0 Å². The summed E-state index contributed by atoms with van der Waals surface area (Å²) in [5.74, 6) is -0.544. The van der Waals surface area contributed by atoms with Crippen molar-refractivity contribution in [2.45, 2.75) is 32.5 Å². The van der Waals surface area contributed by atoms with Gasteiger partial charge in [0, 0.05) is 11.3 Å². The zero-order chi connectivity index (χ0) is 19.3. The van der Waals surface area contributed by atoms with Crippen LogP contribution in [0, 0.1) is 19.7 Å². The second-order valence-corrected chi connectivity index (χ2v) is 9.53. The molecule has 5 nitrogen and oxygen atoms in total. The maximum Gasteiger partial charge on any atom is 0.325 e. The van der Waals surface area contributed by atoms with E-state index in [2.05, 4.69) is 0 Å². The highest BCUT2D eigenvalue weighted by molar-refractivity contribution is 7.91. The van der Waals surface area contributed by atoms with E-state index in [1.807, 2.05) is 32.0 Å². The Balaban J connectivity index is 1.76. The van der Waals surface area contributed by atoms with Crippen LogP contribution in [-0.4, -0.2) is 42.9 Å². The van der Waals surface area contributed by atoms with Crippen molar-refractivity contribution in [1.29, 1.82) is 0 Å².